The minimum atomic E-state index is -1.67. The first kappa shape index (κ1) is 29.5. The van der Waals surface area contributed by atoms with Crippen LogP contribution >= 0.6 is 17.2 Å². The van der Waals surface area contributed by atoms with Crippen molar-refractivity contribution in [2.75, 3.05) is 0 Å². The topological polar surface area (TPSA) is 55.4 Å². The van der Waals surface area contributed by atoms with Gasteiger partial charge in [0, 0.05) is 16.9 Å². The Kier molecular flexibility index (Phi) is 8.09. The summed E-state index contributed by atoms with van der Waals surface area (Å²) in [5.41, 5.74) is 0.674. The van der Waals surface area contributed by atoms with Crippen molar-refractivity contribution in [3.05, 3.63) is 96.1 Å². The average Bonchev–Trinajstić information content (AvgIpc) is 2.89. The summed E-state index contributed by atoms with van der Waals surface area (Å²) in [7, 11) is -3.34. The molecular weight excluding hydrogens is 542 g/mol. The van der Waals surface area contributed by atoms with Crippen molar-refractivity contribution in [1.82, 2.24) is 0 Å². The predicted octanol–water partition coefficient (Wildman–Crippen LogP) is 10.1. The maximum atomic E-state index is 6.46. The quantitative estimate of drug-likeness (QED) is 0.270. The first-order valence-electron chi connectivity index (χ1n) is 13.7. The molecule has 2 saturated heterocycles. The standard InChI is InChI=1S/C32H40O6P2/c1-29(2)27(23-16-11-9-12-17-23)35-39(37-31(29,5)6)33-25-20-15-21-26(22-25)34-40-36-28(24-18-13-10-14-19-24)30(3,4)32(7,8)38-40/h9-22,27-28H,1-8H3/t27-,28-,39?,40?/m0/s1. The zero-order chi connectivity index (χ0) is 28.8. The highest BCUT2D eigenvalue weighted by Gasteiger charge is 2.54. The summed E-state index contributed by atoms with van der Waals surface area (Å²) >= 11 is 0. The number of hydrogen-bond donors (Lipinski definition) is 0. The lowest BCUT2D eigenvalue weighted by Gasteiger charge is -2.51. The molecule has 3 aromatic rings. The maximum absolute atomic E-state index is 6.46. The molecule has 0 radical (unpaired) electrons. The second kappa shape index (κ2) is 11.0. The van der Waals surface area contributed by atoms with E-state index in [4.69, 9.17) is 27.1 Å². The third-order valence-corrected chi connectivity index (χ3v) is 11.5. The Bertz CT molecular complexity index is 1200. The third-order valence-electron chi connectivity index (χ3n) is 8.77. The van der Waals surface area contributed by atoms with E-state index in [0.29, 0.717) is 11.5 Å². The molecule has 0 aromatic heterocycles. The molecule has 6 nitrogen and oxygen atoms in total. The zero-order valence-corrected chi connectivity index (χ0v) is 26.4. The molecule has 2 fully saturated rings. The fourth-order valence-electron chi connectivity index (χ4n) is 4.77. The summed E-state index contributed by atoms with van der Waals surface area (Å²) in [5, 5.41) is 0. The maximum Gasteiger partial charge on any atom is 0.398 e. The van der Waals surface area contributed by atoms with Gasteiger partial charge in [-0.3, -0.25) is 18.1 Å². The van der Waals surface area contributed by atoms with E-state index in [2.05, 4.69) is 79.7 Å². The van der Waals surface area contributed by atoms with Gasteiger partial charge in [-0.25, -0.2) is 0 Å². The molecule has 0 spiro atoms. The summed E-state index contributed by atoms with van der Waals surface area (Å²) in [6.07, 6.45) is -0.369. The lowest BCUT2D eigenvalue weighted by atomic mass is 9.71. The molecule has 4 atom stereocenters. The van der Waals surface area contributed by atoms with Crippen molar-refractivity contribution in [1.29, 1.82) is 0 Å². The van der Waals surface area contributed by atoms with Gasteiger partial charge in [-0.2, -0.15) is 0 Å². The lowest BCUT2D eigenvalue weighted by molar-refractivity contribution is -0.129. The minimum Gasteiger partial charge on any atom is -0.427 e. The van der Waals surface area contributed by atoms with E-state index >= 15 is 0 Å². The molecule has 0 amide bonds. The molecule has 2 aliphatic heterocycles. The number of rotatable bonds is 6. The van der Waals surface area contributed by atoms with Crippen LogP contribution in [0.15, 0.2) is 84.9 Å². The molecule has 2 unspecified atom stereocenters. The van der Waals surface area contributed by atoms with Crippen molar-refractivity contribution in [2.24, 2.45) is 10.8 Å². The largest absolute Gasteiger partial charge is 0.427 e. The van der Waals surface area contributed by atoms with Gasteiger partial charge in [-0.1, -0.05) is 94.4 Å². The molecule has 8 heteroatoms. The summed E-state index contributed by atoms with van der Waals surface area (Å²) < 4.78 is 38.3. The van der Waals surface area contributed by atoms with Crippen LogP contribution in [0.25, 0.3) is 0 Å². The molecule has 214 valence electrons. The van der Waals surface area contributed by atoms with Crippen LogP contribution in [0, 0.1) is 10.8 Å². The first-order chi connectivity index (χ1) is 18.8. The highest BCUT2D eigenvalue weighted by molar-refractivity contribution is 7.42. The molecular formula is C32H40O6P2. The van der Waals surface area contributed by atoms with Gasteiger partial charge in [0.2, 0.25) is 0 Å². The molecule has 0 N–H and O–H groups in total. The molecule has 40 heavy (non-hydrogen) atoms. The highest BCUT2D eigenvalue weighted by Crippen LogP contribution is 2.64. The van der Waals surface area contributed by atoms with E-state index in [1.165, 1.54) is 0 Å². The molecule has 0 bridgehead atoms. The third kappa shape index (κ3) is 5.68. The SMILES string of the molecule is CC1(C)OP(Oc2cccc(OP3O[C@@H](c4ccccc4)C(C)(C)C(C)(C)O3)c2)O[C@@H](c2ccccc2)C1(C)C. The van der Waals surface area contributed by atoms with Gasteiger partial charge in [-0.05, 0) is 51.0 Å². The molecule has 0 saturated carbocycles. The van der Waals surface area contributed by atoms with E-state index in [1.54, 1.807) is 0 Å². The normalized spacial score (nSPS) is 28.4. The molecule has 0 aliphatic carbocycles. The van der Waals surface area contributed by atoms with Crippen LogP contribution in [0.3, 0.4) is 0 Å². The second-order valence-electron chi connectivity index (χ2n) is 12.5. The van der Waals surface area contributed by atoms with E-state index in [1.807, 2.05) is 60.7 Å². The molecule has 5 rings (SSSR count). The van der Waals surface area contributed by atoms with E-state index in [0.717, 1.165) is 11.1 Å². The van der Waals surface area contributed by atoms with Gasteiger partial charge in [0.15, 0.2) is 0 Å². The van der Waals surface area contributed by atoms with Gasteiger partial charge in [-0.15, -0.1) is 0 Å². The van der Waals surface area contributed by atoms with Crippen molar-refractivity contribution in [3.63, 3.8) is 0 Å². The summed E-state index contributed by atoms with van der Waals surface area (Å²) in [4.78, 5) is 0. The second-order valence-corrected chi connectivity index (χ2v) is 14.6. The molecule has 2 heterocycles. The van der Waals surface area contributed by atoms with Crippen LogP contribution in [-0.4, -0.2) is 11.2 Å². The molecule has 3 aromatic carbocycles. The Hall–Kier alpha value is -2.04. The van der Waals surface area contributed by atoms with Crippen LogP contribution < -0.4 is 9.05 Å². The van der Waals surface area contributed by atoms with Gasteiger partial charge >= 0.3 is 17.2 Å². The highest BCUT2D eigenvalue weighted by atomic mass is 31.2. The average molecular weight is 583 g/mol. The Morgan fingerprint density at radius 2 is 0.900 bits per heavy atom. The smallest absolute Gasteiger partial charge is 0.398 e. The summed E-state index contributed by atoms with van der Waals surface area (Å²) in [5.74, 6) is 1.19. The fraction of sp³-hybridized carbons (Fsp3) is 0.438. The van der Waals surface area contributed by atoms with Crippen molar-refractivity contribution in [2.45, 2.75) is 78.8 Å². The van der Waals surface area contributed by atoms with Crippen molar-refractivity contribution >= 4 is 17.2 Å². The van der Waals surface area contributed by atoms with Gasteiger partial charge < -0.3 is 9.05 Å². The minimum absolute atomic E-state index is 0.184. The van der Waals surface area contributed by atoms with E-state index in [-0.39, 0.29) is 23.0 Å². The van der Waals surface area contributed by atoms with Gasteiger partial charge in [0.25, 0.3) is 0 Å². The zero-order valence-electron chi connectivity index (χ0n) is 24.6. The first-order valence-corrected chi connectivity index (χ1v) is 15.9. The lowest BCUT2D eigenvalue weighted by Crippen LogP contribution is -2.48. The van der Waals surface area contributed by atoms with Gasteiger partial charge in [0.05, 0.1) is 11.2 Å². The predicted molar refractivity (Wildman–Crippen MR) is 160 cm³/mol. The van der Waals surface area contributed by atoms with Crippen LogP contribution in [0.4, 0.5) is 0 Å². The van der Waals surface area contributed by atoms with Crippen LogP contribution in [0.2, 0.25) is 0 Å². The monoisotopic (exact) mass is 582 g/mol. The van der Waals surface area contributed by atoms with Gasteiger partial charge in [0.1, 0.15) is 23.7 Å². The number of benzene rings is 3. The van der Waals surface area contributed by atoms with E-state index in [9.17, 15) is 0 Å². The van der Waals surface area contributed by atoms with Crippen LogP contribution in [0.5, 0.6) is 11.5 Å². The fourth-order valence-corrected chi connectivity index (χ4v) is 7.92. The van der Waals surface area contributed by atoms with E-state index < -0.39 is 28.4 Å². The Morgan fingerprint density at radius 1 is 0.525 bits per heavy atom. The Labute approximate surface area is 241 Å². The van der Waals surface area contributed by atoms with Crippen molar-refractivity contribution < 1.29 is 27.1 Å². The Morgan fingerprint density at radius 3 is 1.27 bits per heavy atom. The van der Waals surface area contributed by atoms with Crippen LogP contribution in [0.1, 0.15) is 78.7 Å². The summed E-state index contributed by atoms with van der Waals surface area (Å²) in [6.45, 7) is 17.1. The molecule has 2 aliphatic rings. The number of hydrogen-bond acceptors (Lipinski definition) is 6. The Balaban J connectivity index is 1.33. The summed E-state index contributed by atoms with van der Waals surface area (Å²) in [6, 6.07) is 28.0. The van der Waals surface area contributed by atoms with Crippen LogP contribution in [-0.2, 0) is 18.1 Å². The van der Waals surface area contributed by atoms with Crippen molar-refractivity contribution in [3.8, 4) is 11.5 Å².